The molecule has 1 aliphatic carbocycles. The van der Waals surface area contributed by atoms with Gasteiger partial charge in [-0.25, -0.2) is 4.98 Å². The molecule has 8 heteroatoms. The van der Waals surface area contributed by atoms with Crippen LogP contribution < -0.4 is 10.6 Å². The first kappa shape index (κ1) is 16.8. The van der Waals surface area contributed by atoms with Gasteiger partial charge in [0.05, 0.1) is 28.3 Å². The number of nitrogens with one attached hydrogen (secondary N) is 2. The SMILES string of the molecule is Cc1nc(NC(=O)CNC(=O)C2CCCC2)sc1SCC#N. The van der Waals surface area contributed by atoms with Crippen LogP contribution in [0, 0.1) is 24.2 Å². The Morgan fingerprint density at radius 2 is 2.18 bits per heavy atom. The summed E-state index contributed by atoms with van der Waals surface area (Å²) in [4.78, 5) is 27.9. The van der Waals surface area contributed by atoms with Crippen LogP contribution in [0.5, 0.6) is 0 Å². The van der Waals surface area contributed by atoms with E-state index in [1.807, 2.05) is 6.92 Å². The molecule has 6 nitrogen and oxygen atoms in total. The van der Waals surface area contributed by atoms with Gasteiger partial charge in [-0.15, -0.1) is 0 Å². The van der Waals surface area contributed by atoms with Gasteiger partial charge in [0.2, 0.25) is 11.8 Å². The van der Waals surface area contributed by atoms with Crippen LogP contribution >= 0.6 is 23.1 Å². The fourth-order valence-electron chi connectivity index (χ4n) is 2.33. The summed E-state index contributed by atoms with van der Waals surface area (Å²) < 4.78 is 0.923. The molecule has 1 aromatic rings. The van der Waals surface area contributed by atoms with E-state index < -0.39 is 0 Å². The number of nitrogens with zero attached hydrogens (tertiary/aromatic N) is 2. The van der Waals surface area contributed by atoms with Crippen molar-refractivity contribution < 1.29 is 9.59 Å². The number of carbonyl (C=O) groups is 2. The highest BCUT2D eigenvalue weighted by molar-refractivity contribution is 8.01. The van der Waals surface area contributed by atoms with Crippen LogP contribution in [0.1, 0.15) is 31.4 Å². The zero-order chi connectivity index (χ0) is 15.9. The Bertz CT molecular complexity index is 588. The fourth-order valence-corrected chi connectivity index (χ4v) is 4.15. The number of carbonyl (C=O) groups excluding carboxylic acids is 2. The van der Waals surface area contributed by atoms with Gasteiger partial charge < -0.3 is 10.6 Å². The minimum atomic E-state index is -0.281. The van der Waals surface area contributed by atoms with Gasteiger partial charge in [0.1, 0.15) is 0 Å². The van der Waals surface area contributed by atoms with Crippen LogP contribution in [0.25, 0.3) is 0 Å². The Balaban J connectivity index is 1.79. The summed E-state index contributed by atoms with van der Waals surface area (Å²) in [6.07, 6.45) is 4.01. The Kier molecular flexibility index (Phi) is 6.21. The van der Waals surface area contributed by atoms with Crippen molar-refractivity contribution in [2.24, 2.45) is 5.92 Å². The maximum absolute atomic E-state index is 11.8. The Labute approximate surface area is 137 Å². The number of rotatable bonds is 6. The zero-order valence-electron chi connectivity index (χ0n) is 12.3. The molecule has 1 aliphatic rings. The van der Waals surface area contributed by atoms with Gasteiger partial charge in [0, 0.05) is 5.92 Å². The number of thiazole rings is 1. The van der Waals surface area contributed by atoms with E-state index in [-0.39, 0.29) is 24.3 Å². The quantitative estimate of drug-likeness (QED) is 0.776. The first-order valence-electron chi connectivity index (χ1n) is 7.15. The molecule has 0 atom stereocenters. The molecule has 1 heterocycles. The first-order chi connectivity index (χ1) is 10.6. The molecule has 0 bridgehead atoms. The van der Waals surface area contributed by atoms with E-state index in [1.54, 1.807) is 0 Å². The van der Waals surface area contributed by atoms with Crippen molar-refractivity contribution >= 4 is 40.0 Å². The molecule has 2 rings (SSSR count). The van der Waals surface area contributed by atoms with Crippen LogP contribution in [0.3, 0.4) is 0 Å². The average Bonchev–Trinajstić information content (AvgIpc) is 3.13. The third-order valence-electron chi connectivity index (χ3n) is 3.42. The van der Waals surface area contributed by atoms with Crippen molar-refractivity contribution in [3.05, 3.63) is 5.69 Å². The number of hydrogen-bond donors (Lipinski definition) is 2. The first-order valence-corrected chi connectivity index (χ1v) is 8.95. The normalized spacial score (nSPS) is 14.5. The molecule has 118 valence electrons. The van der Waals surface area contributed by atoms with Gasteiger partial charge in [-0.2, -0.15) is 5.26 Å². The van der Waals surface area contributed by atoms with Gasteiger partial charge in [-0.3, -0.25) is 9.59 Å². The number of thioether (sulfide) groups is 1. The van der Waals surface area contributed by atoms with E-state index in [0.29, 0.717) is 10.9 Å². The van der Waals surface area contributed by atoms with Gasteiger partial charge in [0.25, 0.3) is 0 Å². The number of nitriles is 1. The Morgan fingerprint density at radius 3 is 2.86 bits per heavy atom. The second kappa shape index (κ2) is 8.15. The lowest BCUT2D eigenvalue weighted by Crippen LogP contribution is -2.36. The molecule has 1 saturated carbocycles. The average molecular weight is 338 g/mol. The molecular weight excluding hydrogens is 320 g/mol. The zero-order valence-corrected chi connectivity index (χ0v) is 14.0. The Hall–Kier alpha value is -1.59. The summed E-state index contributed by atoms with van der Waals surface area (Å²) in [5.74, 6) is 0.0995. The smallest absolute Gasteiger partial charge is 0.245 e. The van der Waals surface area contributed by atoms with Crippen LogP contribution in [0.4, 0.5) is 5.13 Å². The van der Waals surface area contributed by atoms with Gasteiger partial charge >= 0.3 is 0 Å². The van der Waals surface area contributed by atoms with Gasteiger partial charge in [0.15, 0.2) is 5.13 Å². The van der Waals surface area contributed by atoms with E-state index in [1.165, 1.54) is 23.1 Å². The van der Waals surface area contributed by atoms with Crippen LogP contribution in [0.2, 0.25) is 0 Å². The van der Waals surface area contributed by atoms with Crippen molar-refractivity contribution in [2.45, 2.75) is 36.8 Å². The molecule has 0 saturated heterocycles. The predicted octanol–water partition coefficient (Wildman–Crippen LogP) is 2.31. The number of aromatic nitrogens is 1. The van der Waals surface area contributed by atoms with Crippen molar-refractivity contribution in [1.29, 1.82) is 5.26 Å². The number of aryl methyl sites for hydroxylation is 1. The lowest BCUT2D eigenvalue weighted by Gasteiger charge is -2.09. The van der Waals surface area contributed by atoms with Crippen molar-refractivity contribution in [2.75, 3.05) is 17.6 Å². The maximum atomic E-state index is 11.8. The monoisotopic (exact) mass is 338 g/mol. The van der Waals surface area contributed by atoms with Crippen LogP contribution in [0.15, 0.2) is 4.21 Å². The summed E-state index contributed by atoms with van der Waals surface area (Å²) in [7, 11) is 0. The summed E-state index contributed by atoms with van der Waals surface area (Å²) in [5.41, 5.74) is 0.801. The standard InChI is InChI=1S/C14H18N4O2S2/c1-9-13(21-7-6-15)22-14(17-9)18-11(19)8-16-12(20)10-4-2-3-5-10/h10H,2-5,7-8H2,1H3,(H,16,20)(H,17,18,19). The molecule has 2 N–H and O–H groups in total. The highest BCUT2D eigenvalue weighted by atomic mass is 32.2. The minimum absolute atomic E-state index is 0.0331. The Morgan fingerprint density at radius 1 is 1.45 bits per heavy atom. The predicted molar refractivity (Wildman–Crippen MR) is 86.8 cm³/mol. The van der Waals surface area contributed by atoms with Crippen LogP contribution in [-0.4, -0.2) is 29.1 Å². The fraction of sp³-hybridized carbons (Fsp3) is 0.571. The lowest BCUT2D eigenvalue weighted by atomic mass is 10.1. The van der Waals surface area contributed by atoms with Crippen LogP contribution in [-0.2, 0) is 9.59 Å². The van der Waals surface area contributed by atoms with Crippen molar-refractivity contribution in [3.8, 4) is 6.07 Å². The lowest BCUT2D eigenvalue weighted by molar-refractivity contribution is -0.127. The number of hydrogen-bond acceptors (Lipinski definition) is 6. The van der Waals surface area contributed by atoms with E-state index in [0.717, 1.165) is 35.6 Å². The maximum Gasteiger partial charge on any atom is 0.245 e. The van der Waals surface area contributed by atoms with Crippen molar-refractivity contribution in [3.63, 3.8) is 0 Å². The number of amides is 2. The topological polar surface area (TPSA) is 94.9 Å². The van der Waals surface area contributed by atoms with E-state index in [2.05, 4.69) is 21.7 Å². The van der Waals surface area contributed by atoms with Gasteiger partial charge in [-0.1, -0.05) is 35.9 Å². The molecule has 0 aliphatic heterocycles. The molecule has 1 fully saturated rings. The van der Waals surface area contributed by atoms with Crippen molar-refractivity contribution in [1.82, 2.24) is 10.3 Å². The van der Waals surface area contributed by atoms with E-state index in [4.69, 9.17) is 5.26 Å². The molecule has 1 aromatic heterocycles. The van der Waals surface area contributed by atoms with E-state index in [9.17, 15) is 9.59 Å². The highest BCUT2D eigenvalue weighted by Crippen LogP contribution is 2.31. The third kappa shape index (κ3) is 4.71. The highest BCUT2D eigenvalue weighted by Gasteiger charge is 2.22. The summed E-state index contributed by atoms with van der Waals surface area (Å²) >= 11 is 2.75. The molecular formula is C14H18N4O2S2. The number of anilines is 1. The minimum Gasteiger partial charge on any atom is -0.347 e. The molecule has 2 amide bonds. The molecule has 0 radical (unpaired) electrons. The molecule has 22 heavy (non-hydrogen) atoms. The molecule has 0 spiro atoms. The van der Waals surface area contributed by atoms with Gasteiger partial charge in [-0.05, 0) is 19.8 Å². The third-order valence-corrected chi connectivity index (χ3v) is 5.72. The second-order valence-corrected chi connectivity index (χ2v) is 7.33. The molecule has 0 unspecified atom stereocenters. The largest absolute Gasteiger partial charge is 0.347 e. The molecule has 0 aromatic carbocycles. The summed E-state index contributed by atoms with van der Waals surface area (Å²) in [6.45, 7) is 1.81. The summed E-state index contributed by atoms with van der Waals surface area (Å²) in [5, 5.41) is 14.4. The van der Waals surface area contributed by atoms with E-state index >= 15 is 0 Å². The second-order valence-electron chi connectivity index (χ2n) is 5.09. The summed E-state index contributed by atoms with van der Waals surface area (Å²) in [6, 6.07) is 2.06.